The van der Waals surface area contributed by atoms with Gasteiger partial charge in [-0.2, -0.15) is 4.99 Å². The first kappa shape index (κ1) is 17.5. The summed E-state index contributed by atoms with van der Waals surface area (Å²) in [5.74, 6) is 0.862. The Hall–Kier alpha value is -2.86. The van der Waals surface area contributed by atoms with Crippen LogP contribution in [0.3, 0.4) is 0 Å². The highest BCUT2D eigenvalue weighted by Gasteiger charge is 2.34. The van der Waals surface area contributed by atoms with Gasteiger partial charge in [-0.05, 0) is 43.7 Å². The molecule has 138 valence electrons. The number of carbonyl (C=O) groups is 1. The second-order valence-corrected chi connectivity index (χ2v) is 7.52. The maximum absolute atomic E-state index is 12.9. The molecule has 0 saturated carbocycles. The third-order valence-corrected chi connectivity index (χ3v) is 5.48. The van der Waals surface area contributed by atoms with Gasteiger partial charge in [0.05, 0.1) is 10.2 Å². The molecule has 0 aliphatic carbocycles. The van der Waals surface area contributed by atoms with Crippen molar-refractivity contribution in [1.82, 2.24) is 4.57 Å². The lowest BCUT2D eigenvalue weighted by molar-refractivity contribution is -0.130. The van der Waals surface area contributed by atoms with Gasteiger partial charge < -0.3 is 14.0 Å². The van der Waals surface area contributed by atoms with Gasteiger partial charge in [0.15, 0.2) is 16.3 Å². The summed E-state index contributed by atoms with van der Waals surface area (Å²) in [6.45, 7) is 8.27. The van der Waals surface area contributed by atoms with E-state index in [1.807, 2.05) is 42.7 Å². The summed E-state index contributed by atoms with van der Waals surface area (Å²) in [4.78, 5) is 17.9. The van der Waals surface area contributed by atoms with Gasteiger partial charge in [-0.3, -0.25) is 4.79 Å². The number of benzene rings is 2. The lowest BCUT2D eigenvalue weighted by atomic mass is 10.1. The van der Waals surface area contributed by atoms with Crippen LogP contribution in [-0.4, -0.2) is 22.7 Å². The van der Waals surface area contributed by atoms with E-state index in [0.29, 0.717) is 22.8 Å². The predicted molar refractivity (Wildman–Crippen MR) is 106 cm³/mol. The Labute approximate surface area is 161 Å². The van der Waals surface area contributed by atoms with Crippen molar-refractivity contribution in [2.24, 2.45) is 4.99 Å². The van der Waals surface area contributed by atoms with Gasteiger partial charge in [-0.25, -0.2) is 0 Å². The fraction of sp³-hybridized carbons (Fsp3) is 0.238. The third-order valence-electron chi connectivity index (χ3n) is 4.44. The molecular formula is C21H20N2O3S. The van der Waals surface area contributed by atoms with Crippen molar-refractivity contribution in [3.8, 4) is 11.5 Å². The normalized spacial score (nSPS) is 19.3. The number of aryl methyl sites for hydroxylation is 1. The summed E-state index contributed by atoms with van der Waals surface area (Å²) in [7, 11) is 0. The van der Waals surface area contributed by atoms with Gasteiger partial charge in [0.25, 0.3) is 5.91 Å². The van der Waals surface area contributed by atoms with Crippen molar-refractivity contribution in [1.29, 1.82) is 0 Å². The summed E-state index contributed by atoms with van der Waals surface area (Å²) in [5.41, 5.74) is 2.21. The second-order valence-electron chi connectivity index (χ2n) is 6.51. The fourth-order valence-electron chi connectivity index (χ4n) is 3.12. The maximum Gasteiger partial charge on any atom is 0.293 e. The fourth-order valence-corrected chi connectivity index (χ4v) is 4.26. The highest BCUT2D eigenvalue weighted by Crippen LogP contribution is 2.33. The van der Waals surface area contributed by atoms with E-state index in [1.54, 1.807) is 12.1 Å². The molecule has 0 bridgehead atoms. The minimum absolute atomic E-state index is 0.349. The van der Waals surface area contributed by atoms with Crippen molar-refractivity contribution in [2.75, 3.05) is 0 Å². The molecule has 3 aromatic rings. The summed E-state index contributed by atoms with van der Waals surface area (Å²) in [6, 6.07) is 13.5. The number of hydrogen-bond donors (Lipinski definition) is 0. The Kier molecular flexibility index (Phi) is 4.58. The first-order valence-electron chi connectivity index (χ1n) is 8.78. The Morgan fingerprint density at radius 2 is 2.00 bits per heavy atom. The summed E-state index contributed by atoms with van der Waals surface area (Å²) < 4.78 is 14.8. The number of nitrogens with zero attached hydrogens (tertiary/aromatic N) is 2. The Balaban J connectivity index is 1.74. The molecule has 2 heterocycles. The second kappa shape index (κ2) is 7.04. The molecule has 0 fully saturated rings. The van der Waals surface area contributed by atoms with Crippen molar-refractivity contribution in [3.05, 3.63) is 65.5 Å². The van der Waals surface area contributed by atoms with Crippen LogP contribution in [0, 0.1) is 6.92 Å². The summed E-state index contributed by atoms with van der Waals surface area (Å²) >= 11 is 1.49. The molecule has 0 spiro atoms. The van der Waals surface area contributed by atoms with E-state index in [9.17, 15) is 4.79 Å². The lowest BCUT2D eigenvalue weighted by Gasteiger charge is -2.29. The number of allylic oxidation sites excluding steroid dienone is 1. The number of hydrogen-bond acceptors (Lipinski definition) is 4. The van der Waals surface area contributed by atoms with E-state index in [1.165, 1.54) is 16.9 Å². The van der Waals surface area contributed by atoms with Crippen molar-refractivity contribution < 1.29 is 14.3 Å². The molecule has 0 radical (unpaired) electrons. The van der Waals surface area contributed by atoms with Gasteiger partial charge in [0, 0.05) is 6.54 Å². The Bertz CT molecular complexity index is 1100. The SMILES string of the molecule is C=CCn1c(=NC(=O)C2Oc3ccccc3OC2C)sc2cc(C)ccc21. The van der Waals surface area contributed by atoms with Crippen LogP contribution >= 0.6 is 11.3 Å². The molecule has 1 aliphatic heterocycles. The summed E-state index contributed by atoms with van der Waals surface area (Å²) in [5, 5.41) is 0. The molecule has 27 heavy (non-hydrogen) atoms. The number of rotatable bonds is 3. The minimum Gasteiger partial charge on any atom is -0.482 e. The molecule has 0 N–H and O–H groups in total. The van der Waals surface area contributed by atoms with Crippen LogP contribution < -0.4 is 14.3 Å². The van der Waals surface area contributed by atoms with Gasteiger partial charge in [0.1, 0.15) is 6.10 Å². The highest BCUT2D eigenvalue weighted by atomic mass is 32.1. The van der Waals surface area contributed by atoms with Gasteiger partial charge in [0.2, 0.25) is 6.10 Å². The molecule has 2 aromatic carbocycles. The predicted octanol–water partition coefficient (Wildman–Crippen LogP) is 3.85. The monoisotopic (exact) mass is 380 g/mol. The molecule has 0 saturated heterocycles. The van der Waals surface area contributed by atoms with E-state index in [0.717, 1.165) is 10.2 Å². The smallest absolute Gasteiger partial charge is 0.293 e. The van der Waals surface area contributed by atoms with Gasteiger partial charge in [-0.15, -0.1) is 6.58 Å². The molecule has 1 aliphatic rings. The van der Waals surface area contributed by atoms with E-state index in [4.69, 9.17) is 9.47 Å². The zero-order valence-electron chi connectivity index (χ0n) is 15.2. The third kappa shape index (κ3) is 3.28. The number of para-hydroxylation sites is 2. The van der Waals surface area contributed by atoms with Gasteiger partial charge in [-0.1, -0.05) is 35.6 Å². The maximum atomic E-state index is 12.9. The average Bonchev–Trinajstić information content (AvgIpc) is 2.97. The molecule has 1 amide bonds. The number of carbonyl (C=O) groups excluding carboxylic acids is 1. The minimum atomic E-state index is -0.774. The van der Waals surface area contributed by atoms with E-state index >= 15 is 0 Å². The number of thiazole rings is 1. The molecule has 5 nitrogen and oxygen atoms in total. The number of aromatic nitrogens is 1. The largest absolute Gasteiger partial charge is 0.482 e. The van der Waals surface area contributed by atoms with Crippen LogP contribution in [0.5, 0.6) is 11.5 Å². The van der Waals surface area contributed by atoms with Crippen molar-refractivity contribution in [3.63, 3.8) is 0 Å². The Morgan fingerprint density at radius 1 is 1.26 bits per heavy atom. The van der Waals surface area contributed by atoms with Crippen molar-refractivity contribution in [2.45, 2.75) is 32.6 Å². The van der Waals surface area contributed by atoms with Crippen LogP contribution in [0.4, 0.5) is 0 Å². The molecule has 6 heteroatoms. The Morgan fingerprint density at radius 3 is 2.74 bits per heavy atom. The topological polar surface area (TPSA) is 52.8 Å². The van der Waals surface area contributed by atoms with Crippen LogP contribution in [0.1, 0.15) is 12.5 Å². The van der Waals surface area contributed by atoms with E-state index in [-0.39, 0.29) is 5.91 Å². The zero-order chi connectivity index (χ0) is 19.0. The average molecular weight is 380 g/mol. The number of amides is 1. The van der Waals surface area contributed by atoms with Crippen LogP contribution in [-0.2, 0) is 11.3 Å². The first-order chi connectivity index (χ1) is 13.1. The first-order valence-corrected chi connectivity index (χ1v) is 9.60. The number of fused-ring (bicyclic) bond motifs is 2. The molecule has 1 aromatic heterocycles. The van der Waals surface area contributed by atoms with Crippen LogP contribution in [0.2, 0.25) is 0 Å². The molecule has 4 rings (SSSR count). The molecule has 2 unspecified atom stereocenters. The van der Waals surface area contributed by atoms with Gasteiger partial charge >= 0.3 is 0 Å². The van der Waals surface area contributed by atoms with E-state index in [2.05, 4.69) is 23.7 Å². The van der Waals surface area contributed by atoms with E-state index < -0.39 is 12.2 Å². The number of ether oxygens (including phenoxy) is 2. The highest BCUT2D eigenvalue weighted by molar-refractivity contribution is 7.16. The van der Waals surface area contributed by atoms with Crippen molar-refractivity contribution >= 4 is 27.5 Å². The summed E-state index contributed by atoms with van der Waals surface area (Å²) in [6.07, 6.45) is 0.610. The van der Waals surface area contributed by atoms with Crippen LogP contribution in [0.25, 0.3) is 10.2 Å². The molecular weight excluding hydrogens is 360 g/mol. The standard InChI is InChI=1S/C21H20N2O3S/c1-4-11-23-15-10-9-13(2)12-18(15)27-21(23)22-20(24)19-14(3)25-16-7-5-6-8-17(16)26-19/h4-10,12,14,19H,1,11H2,2-3H3. The quantitative estimate of drug-likeness (QED) is 0.649. The lowest BCUT2D eigenvalue weighted by Crippen LogP contribution is -2.43. The molecule has 2 atom stereocenters. The van der Waals surface area contributed by atoms with Crippen LogP contribution in [0.15, 0.2) is 60.1 Å². The zero-order valence-corrected chi connectivity index (χ0v) is 16.0.